The van der Waals surface area contributed by atoms with E-state index in [0.29, 0.717) is 24.6 Å². The number of sulfonamides is 1. The van der Waals surface area contributed by atoms with E-state index in [-0.39, 0.29) is 36.4 Å². The highest BCUT2D eigenvalue weighted by atomic mass is 32.2. The quantitative estimate of drug-likeness (QED) is 0.834. The molecule has 0 unspecified atom stereocenters. The van der Waals surface area contributed by atoms with Gasteiger partial charge in [0, 0.05) is 19.0 Å². The van der Waals surface area contributed by atoms with Crippen molar-refractivity contribution in [3.8, 4) is 0 Å². The molecule has 1 amide bonds. The Hall–Kier alpha value is -2.33. The van der Waals surface area contributed by atoms with Crippen LogP contribution in [0.25, 0.3) is 0 Å². The Balaban J connectivity index is 1.57. The second kappa shape index (κ2) is 7.50. The van der Waals surface area contributed by atoms with E-state index in [9.17, 15) is 17.6 Å². The lowest BCUT2D eigenvalue weighted by Crippen LogP contribution is -2.43. The van der Waals surface area contributed by atoms with Crippen LogP contribution in [0.15, 0.2) is 33.7 Å². The van der Waals surface area contributed by atoms with E-state index >= 15 is 0 Å². The van der Waals surface area contributed by atoms with Gasteiger partial charge >= 0.3 is 0 Å². The number of carbonyl (C=O) groups excluding carboxylic acids is 1. The van der Waals surface area contributed by atoms with Crippen LogP contribution in [0.1, 0.15) is 24.6 Å². The van der Waals surface area contributed by atoms with Crippen LogP contribution >= 0.6 is 0 Å². The first-order valence-electron chi connectivity index (χ1n) is 8.19. The van der Waals surface area contributed by atoms with E-state index < -0.39 is 15.8 Å². The van der Waals surface area contributed by atoms with Gasteiger partial charge in [0.2, 0.25) is 21.8 Å². The van der Waals surface area contributed by atoms with Gasteiger partial charge in [0.15, 0.2) is 5.82 Å². The van der Waals surface area contributed by atoms with Gasteiger partial charge in [0.25, 0.3) is 0 Å². The van der Waals surface area contributed by atoms with E-state index in [4.69, 9.17) is 4.52 Å². The number of piperidine rings is 1. The summed E-state index contributed by atoms with van der Waals surface area (Å²) in [4.78, 5) is 15.9. The van der Waals surface area contributed by atoms with Crippen molar-refractivity contribution in [2.24, 2.45) is 5.92 Å². The SMILES string of the molecule is Cc1noc(CNC(=O)C2CCN(S(=O)(=O)c3ccccc3F)CC2)n1. The summed E-state index contributed by atoms with van der Waals surface area (Å²) in [6.45, 7) is 2.14. The maximum absolute atomic E-state index is 13.8. The van der Waals surface area contributed by atoms with Gasteiger partial charge < -0.3 is 9.84 Å². The standard InChI is InChI=1S/C16H19FN4O4S/c1-11-19-15(25-20-11)10-18-16(22)12-6-8-21(9-7-12)26(23,24)14-5-3-2-4-13(14)17/h2-5,12H,6-10H2,1H3,(H,18,22). The van der Waals surface area contributed by atoms with Crippen LogP contribution in [0.2, 0.25) is 0 Å². The zero-order valence-electron chi connectivity index (χ0n) is 14.2. The normalized spacial score (nSPS) is 16.5. The number of nitrogens with zero attached hydrogens (tertiary/aromatic N) is 3. The van der Waals surface area contributed by atoms with Crippen LogP contribution in [-0.2, 0) is 21.4 Å². The maximum atomic E-state index is 13.8. The van der Waals surface area contributed by atoms with Crippen molar-refractivity contribution in [3.63, 3.8) is 0 Å². The average Bonchev–Trinajstić information content (AvgIpc) is 3.05. The second-order valence-electron chi connectivity index (χ2n) is 6.06. The summed E-state index contributed by atoms with van der Waals surface area (Å²) in [6.07, 6.45) is 0.727. The topological polar surface area (TPSA) is 105 Å². The molecule has 8 nitrogen and oxygen atoms in total. The molecule has 0 bridgehead atoms. The van der Waals surface area contributed by atoms with E-state index in [1.807, 2.05) is 0 Å². The van der Waals surface area contributed by atoms with E-state index in [2.05, 4.69) is 15.5 Å². The monoisotopic (exact) mass is 382 g/mol. The number of hydrogen-bond acceptors (Lipinski definition) is 6. The van der Waals surface area contributed by atoms with Crippen LogP contribution in [-0.4, -0.2) is 41.9 Å². The van der Waals surface area contributed by atoms with Crippen molar-refractivity contribution in [2.45, 2.75) is 31.2 Å². The molecule has 0 atom stereocenters. The Morgan fingerprint density at radius 2 is 2.04 bits per heavy atom. The molecule has 1 N–H and O–H groups in total. The lowest BCUT2D eigenvalue weighted by molar-refractivity contribution is -0.126. The number of hydrogen-bond donors (Lipinski definition) is 1. The van der Waals surface area contributed by atoms with Crippen molar-refractivity contribution < 1.29 is 22.1 Å². The predicted molar refractivity (Wildman–Crippen MR) is 88.8 cm³/mol. The molecular weight excluding hydrogens is 363 g/mol. The first-order valence-corrected chi connectivity index (χ1v) is 9.63. The van der Waals surface area contributed by atoms with Gasteiger partial charge in [-0.25, -0.2) is 12.8 Å². The van der Waals surface area contributed by atoms with Crippen molar-refractivity contribution in [1.29, 1.82) is 0 Å². The summed E-state index contributed by atoms with van der Waals surface area (Å²) in [5.74, 6) is -0.478. The molecule has 1 aliphatic rings. The summed E-state index contributed by atoms with van der Waals surface area (Å²) in [6, 6.07) is 5.29. The van der Waals surface area contributed by atoms with Crippen LogP contribution < -0.4 is 5.32 Å². The number of rotatable bonds is 5. The number of nitrogens with one attached hydrogen (secondary N) is 1. The Morgan fingerprint density at radius 1 is 1.35 bits per heavy atom. The lowest BCUT2D eigenvalue weighted by Gasteiger charge is -2.30. The second-order valence-corrected chi connectivity index (χ2v) is 7.97. The summed E-state index contributed by atoms with van der Waals surface area (Å²) in [5, 5.41) is 6.35. The minimum atomic E-state index is -3.90. The molecule has 1 fully saturated rings. The third kappa shape index (κ3) is 3.91. The van der Waals surface area contributed by atoms with Gasteiger partial charge in [0.1, 0.15) is 10.7 Å². The summed E-state index contributed by atoms with van der Waals surface area (Å²) >= 11 is 0. The third-order valence-corrected chi connectivity index (χ3v) is 6.19. The highest BCUT2D eigenvalue weighted by Crippen LogP contribution is 2.25. The fourth-order valence-corrected chi connectivity index (χ4v) is 4.40. The number of benzene rings is 1. The van der Waals surface area contributed by atoms with Crippen molar-refractivity contribution in [2.75, 3.05) is 13.1 Å². The minimum Gasteiger partial charge on any atom is -0.347 e. The van der Waals surface area contributed by atoms with Crippen LogP contribution in [0, 0.1) is 18.7 Å². The summed E-state index contributed by atoms with van der Waals surface area (Å²) in [7, 11) is -3.90. The highest BCUT2D eigenvalue weighted by Gasteiger charge is 2.33. The highest BCUT2D eigenvalue weighted by molar-refractivity contribution is 7.89. The molecule has 1 saturated heterocycles. The van der Waals surface area contributed by atoms with Crippen LogP contribution in [0.3, 0.4) is 0 Å². The summed E-state index contributed by atoms with van der Waals surface area (Å²) in [5.41, 5.74) is 0. The fraction of sp³-hybridized carbons (Fsp3) is 0.438. The first kappa shape index (κ1) is 18.5. The van der Waals surface area contributed by atoms with Crippen molar-refractivity contribution in [3.05, 3.63) is 41.8 Å². The van der Waals surface area contributed by atoms with Crippen LogP contribution in [0.4, 0.5) is 4.39 Å². The van der Waals surface area contributed by atoms with Crippen molar-refractivity contribution >= 4 is 15.9 Å². The molecule has 10 heteroatoms. The number of carbonyl (C=O) groups is 1. The third-order valence-electron chi connectivity index (χ3n) is 4.26. The average molecular weight is 382 g/mol. The molecule has 0 radical (unpaired) electrons. The predicted octanol–water partition coefficient (Wildman–Crippen LogP) is 1.23. The molecule has 2 heterocycles. The molecule has 1 aromatic carbocycles. The Kier molecular flexibility index (Phi) is 5.33. The number of aromatic nitrogens is 2. The fourth-order valence-electron chi connectivity index (χ4n) is 2.87. The molecule has 3 rings (SSSR count). The largest absolute Gasteiger partial charge is 0.347 e. The molecule has 140 valence electrons. The maximum Gasteiger partial charge on any atom is 0.246 e. The van der Waals surface area contributed by atoms with Crippen molar-refractivity contribution in [1.82, 2.24) is 19.8 Å². The summed E-state index contributed by atoms with van der Waals surface area (Å²) < 4.78 is 45.1. The first-order chi connectivity index (χ1) is 12.4. The molecule has 26 heavy (non-hydrogen) atoms. The molecule has 0 aliphatic carbocycles. The van der Waals surface area contributed by atoms with E-state index in [0.717, 1.165) is 6.07 Å². The Bertz CT molecular complexity index is 891. The van der Waals surface area contributed by atoms with Gasteiger partial charge in [-0.3, -0.25) is 4.79 Å². The van der Waals surface area contributed by atoms with Gasteiger partial charge in [0.05, 0.1) is 6.54 Å². The zero-order valence-corrected chi connectivity index (χ0v) is 15.0. The molecule has 2 aromatic rings. The van der Waals surface area contributed by atoms with Gasteiger partial charge in [-0.05, 0) is 31.9 Å². The Labute approximate surface area is 150 Å². The number of aryl methyl sites for hydroxylation is 1. The van der Waals surface area contributed by atoms with E-state index in [1.165, 1.54) is 22.5 Å². The molecule has 0 saturated carbocycles. The number of amides is 1. The molecule has 1 aliphatic heterocycles. The van der Waals surface area contributed by atoms with E-state index in [1.54, 1.807) is 6.92 Å². The molecule has 0 spiro atoms. The minimum absolute atomic E-state index is 0.132. The van der Waals surface area contributed by atoms with Gasteiger partial charge in [-0.1, -0.05) is 17.3 Å². The van der Waals surface area contributed by atoms with Gasteiger partial charge in [-0.2, -0.15) is 9.29 Å². The number of halogens is 1. The lowest BCUT2D eigenvalue weighted by atomic mass is 9.97. The van der Waals surface area contributed by atoms with Gasteiger partial charge in [-0.15, -0.1) is 0 Å². The smallest absolute Gasteiger partial charge is 0.246 e. The van der Waals surface area contributed by atoms with Crippen LogP contribution in [0.5, 0.6) is 0 Å². The molecular formula is C16H19FN4O4S. The zero-order chi connectivity index (χ0) is 18.7. The Morgan fingerprint density at radius 3 is 2.65 bits per heavy atom. The molecule has 1 aromatic heterocycles.